The standard InChI is InChI=1S/C25H20FN3O4S/c1-28(14-15-6-9-21-22(12-15)33-11-10-32-21)23(30)16-7-8-17-19(13-16)27-25(34)29(24(17)31)20-5-3-2-4-18(20)26/h2-9,12-13H,10-11,14H2,1H3,(H,27,34). The fourth-order valence-electron chi connectivity index (χ4n) is 3.96. The molecule has 3 aromatic carbocycles. The van der Waals surface area contributed by atoms with E-state index >= 15 is 0 Å². The van der Waals surface area contributed by atoms with Crippen molar-refractivity contribution >= 4 is 29.0 Å². The number of aromatic nitrogens is 2. The molecule has 0 aliphatic carbocycles. The largest absolute Gasteiger partial charge is 0.486 e. The van der Waals surface area contributed by atoms with Crippen LogP contribution < -0.4 is 15.0 Å². The number of hydrogen-bond donors (Lipinski definition) is 1. The summed E-state index contributed by atoms with van der Waals surface area (Å²) in [6.07, 6.45) is 0. The number of rotatable bonds is 4. The van der Waals surface area contributed by atoms with Crippen molar-refractivity contribution in [3.8, 4) is 17.2 Å². The minimum atomic E-state index is -0.559. The lowest BCUT2D eigenvalue weighted by molar-refractivity contribution is 0.0785. The molecule has 7 nitrogen and oxygen atoms in total. The van der Waals surface area contributed by atoms with Crippen molar-refractivity contribution in [1.29, 1.82) is 0 Å². The van der Waals surface area contributed by atoms with Crippen LogP contribution in [0.1, 0.15) is 15.9 Å². The summed E-state index contributed by atoms with van der Waals surface area (Å²) in [6.45, 7) is 1.36. The SMILES string of the molecule is CN(Cc1ccc2c(c1)OCCO2)C(=O)c1ccc2c(=O)n(-c3ccccc3F)c(=S)[nH]c2c1. The van der Waals surface area contributed by atoms with Gasteiger partial charge in [0.05, 0.1) is 16.6 Å². The molecule has 5 rings (SSSR count). The van der Waals surface area contributed by atoms with E-state index in [-0.39, 0.29) is 16.4 Å². The van der Waals surface area contributed by atoms with E-state index in [1.54, 1.807) is 36.2 Å². The zero-order valence-corrected chi connectivity index (χ0v) is 19.0. The van der Waals surface area contributed by atoms with E-state index in [1.807, 2.05) is 18.2 Å². The summed E-state index contributed by atoms with van der Waals surface area (Å²) in [5.41, 5.74) is 1.29. The van der Waals surface area contributed by atoms with Crippen LogP contribution >= 0.6 is 12.2 Å². The summed E-state index contributed by atoms with van der Waals surface area (Å²) in [7, 11) is 1.70. The van der Waals surface area contributed by atoms with Gasteiger partial charge in [0.2, 0.25) is 0 Å². The van der Waals surface area contributed by atoms with Crippen LogP contribution in [-0.2, 0) is 6.54 Å². The Labute approximate surface area is 199 Å². The zero-order chi connectivity index (χ0) is 23.8. The summed E-state index contributed by atoms with van der Waals surface area (Å²) < 4.78 is 26.6. The normalized spacial score (nSPS) is 12.5. The van der Waals surface area contributed by atoms with Crippen LogP contribution in [0.2, 0.25) is 0 Å². The molecule has 0 atom stereocenters. The monoisotopic (exact) mass is 477 g/mol. The summed E-state index contributed by atoms with van der Waals surface area (Å²) in [5.74, 6) is 0.564. The highest BCUT2D eigenvalue weighted by molar-refractivity contribution is 7.71. The summed E-state index contributed by atoms with van der Waals surface area (Å²) in [6, 6.07) is 16.2. The van der Waals surface area contributed by atoms with Gasteiger partial charge in [-0.25, -0.2) is 8.96 Å². The van der Waals surface area contributed by atoms with Gasteiger partial charge in [0.1, 0.15) is 19.0 Å². The highest BCUT2D eigenvalue weighted by Crippen LogP contribution is 2.31. The van der Waals surface area contributed by atoms with E-state index < -0.39 is 11.4 Å². The first kappa shape index (κ1) is 21.8. The lowest BCUT2D eigenvalue weighted by atomic mass is 10.1. The number of amides is 1. The predicted molar refractivity (Wildman–Crippen MR) is 128 cm³/mol. The molecule has 2 heterocycles. The van der Waals surface area contributed by atoms with E-state index in [4.69, 9.17) is 21.7 Å². The minimum Gasteiger partial charge on any atom is -0.486 e. The molecular weight excluding hydrogens is 457 g/mol. The van der Waals surface area contributed by atoms with Gasteiger partial charge in [0, 0.05) is 19.2 Å². The number of hydrogen-bond acceptors (Lipinski definition) is 5. The summed E-state index contributed by atoms with van der Waals surface area (Å²) >= 11 is 5.33. The molecule has 1 N–H and O–H groups in total. The molecule has 0 spiro atoms. The van der Waals surface area contributed by atoms with Crippen molar-refractivity contribution < 1.29 is 18.7 Å². The van der Waals surface area contributed by atoms with Gasteiger partial charge in [0.15, 0.2) is 16.3 Å². The van der Waals surface area contributed by atoms with Crippen molar-refractivity contribution in [3.63, 3.8) is 0 Å². The summed E-state index contributed by atoms with van der Waals surface area (Å²) in [4.78, 5) is 30.7. The topological polar surface area (TPSA) is 76.6 Å². The number of fused-ring (bicyclic) bond motifs is 2. The Morgan fingerprint density at radius 2 is 1.85 bits per heavy atom. The van der Waals surface area contributed by atoms with Crippen LogP contribution in [0.4, 0.5) is 4.39 Å². The van der Waals surface area contributed by atoms with Gasteiger partial charge < -0.3 is 19.4 Å². The molecule has 172 valence electrons. The molecule has 1 aromatic heterocycles. The lowest BCUT2D eigenvalue weighted by Crippen LogP contribution is -2.27. The van der Waals surface area contributed by atoms with Crippen molar-refractivity contribution in [1.82, 2.24) is 14.5 Å². The Morgan fingerprint density at radius 1 is 1.09 bits per heavy atom. The molecule has 0 saturated heterocycles. The maximum absolute atomic E-state index is 14.3. The molecule has 1 aliphatic heterocycles. The molecule has 0 radical (unpaired) electrons. The molecule has 0 bridgehead atoms. The van der Waals surface area contributed by atoms with Gasteiger partial charge >= 0.3 is 0 Å². The number of carbonyl (C=O) groups excluding carboxylic acids is 1. The summed E-state index contributed by atoms with van der Waals surface area (Å²) in [5, 5.41) is 0.294. The number of nitrogens with one attached hydrogen (secondary N) is 1. The molecule has 34 heavy (non-hydrogen) atoms. The smallest absolute Gasteiger partial charge is 0.266 e. The van der Waals surface area contributed by atoms with Crippen LogP contribution in [0, 0.1) is 10.6 Å². The molecule has 0 saturated carbocycles. The number of carbonyl (C=O) groups is 1. The zero-order valence-electron chi connectivity index (χ0n) is 18.2. The quantitative estimate of drug-likeness (QED) is 0.445. The average Bonchev–Trinajstić information content (AvgIpc) is 2.84. The van der Waals surface area contributed by atoms with Crippen molar-refractivity contribution in [2.75, 3.05) is 20.3 Å². The third-order valence-corrected chi connectivity index (χ3v) is 5.90. The second kappa shape index (κ2) is 8.75. The first-order valence-electron chi connectivity index (χ1n) is 10.6. The minimum absolute atomic E-state index is 0.0387. The van der Waals surface area contributed by atoms with E-state index in [0.717, 1.165) is 10.1 Å². The number of aromatic amines is 1. The van der Waals surface area contributed by atoms with E-state index in [0.29, 0.717) is 47.7 Å². The third-order valence-electron chi connectivity index (χ3n) is 5.61. The van der Waals surface area contributed by atoms with Crippen molar-refractivity contribution in [3.05, 3.63) is 92.7 Å². The van der Waals surface area contributed by atoms with E-state index in [1.165, 1.54) is 18.2 Å². The van der Waals surface area contributed by atoms with Gasteiger partial charge in [-0.3, -0.25) is 9.59 Å². The fraction of sp³-hybridized carbons (Fsp3) is 0.160. The molecule has 4 aromatic rings. The fourth-order valence-corrected chi connectivity index (χ4v) is 4.25. The van der Waals surface area contributed by atoms with Crippen LogP contribution in [0.15, 0.2) is 65.5 Å². The lowest BCUT2D eigenvalue weighted by Gasteiger charge is -2.21. The van der Waals surface area contributed by atoms with Crippen LogP contribution in [0.3, 0.4) is 0 Å². The van der Waals surface area contributed by atoms with E-state index in [2.05, 4.69) is 4.98 Å². The molecule has 0 fully saturated rings. The molecule has 1 amide bonds. The number of halogens is 1. The van der Waals surface area contributed by atoms with Gasteiger partial charge in [0.25, 0.3) is 11.5 Å². The Hall–Kier alpha value is -3.98. The number of para-hydroxylation sites is 1. The van der Waals surface area contributed by atoms with Crippen molar-refractivity contribution in [2.45, 2.75) is 6.54 Å². The highest BCUT2D eigenvalue weighted by atomic mass is 32.1. The average molecular weight is 478 g/mol. The Balaban J connectivity index is 1.44. The van der Waals surface area contributed by atoms with Crippen LogP contribution in [0.25, 0.3) is 16.6 Å². The second-order valence-corrected chi connectivity index (χ2v) is 8.31. The van der Waals surface area contributed by atoms with Gasteiger partial charge in [-0.2, -0.15) is 0 Å². The van der Waals surface area contributed by atoms with E-state index in [9.17, 15) is 14.0 Å². The molecule has 9 heteroatoms. The first-order chi connectivity index (χ1) is 16.4. The maximum atomic E-state index is 14.3. The number of benzene rings is 3. The Kier molecular flexibility index (Phi) is 5.62. The number of ether oxygens (including phenoxy) is 2. The third kappa shape index (κ3) is 3.94. The van der Waals surface area contributed by atoms with Crippen molar-refractivity contribution in [2.24, 2.45) is 0 Å². The Bertz CT molecular complexity index is 1550. The van der Waals surface area contributed by atoms with Gasteiger partial charge in [-0.15, -0.1) is 0 Å². The number of H-pyrrole nitrogens is 1. The maximum Gasteiger partial charge on any atom is 0.266 e. The van der Waals surface area contributed by atoms with Crippen LogP contribution in [-0.4, -0.2) is 40.6 Å². The predicted octanol–water partition coefficient (Wildman–Crippen LogP) is 4.23. The number of nitrogens with zero attached hydrogens (tertiary/aromatic N) is 2. The second-order valence-electron chi connectivity index (χ2n) is 7.92. The molecule has 0 unspecified atom stereocenters. The van der Waals surface area contributed by atoms with Crippen LogP contribution in [0.5, 0.6) is 11.5 Å². The van der Waals surface area contributed by atoms with Gasteiger partial charge in [-0.05, 0) is 60.2 Å². The molecular formula is C25H20FN3O4S. The molecule has 1 aliphatic rings. The highest BCUT2D eigenvalue weighted by Gasteiger charge is 2.17. The first-order valence-corrected chi connectivity index (χ1v) is 11.0. The van der Waals surface area contributed by atoms with Gasteiger partial charge in [-0.1, -0.05) is 18.2 Å². The Morgan fingerprint density at radius 3 is 2.65 bits per heavy atom.